The van der Waals surface area contributed by atoms with E-state index in [4.69, 9.17) is 0 Å². The lowest BCUT2D eigenvalue weighted by molar-refractivity contribution is -0.153. The number of rotatable bonds is 7. The third-order valence-electron chi connectivity index (χ3n) is 3.73. The summed E-state index contributed by atoms with van der Waals surface area (Å²) >= 11 is 0. The maximum atomic E-state index is 12.6. The molecule has 5 nitrogen and oxygen atoms in total. The van der Waals surface area contributed by atoms with Gasteiger partial charge in [-0.1, -0.05) is 6.07 Å². The molecule has 0 aromatic heterocycles. The average molecular weight is 457 g/mol. The molecular formula is C18H17F6NO4S. The highest BCUT2D eigenvalue weighted by Gasteiger charge is 2.30. The normalized spacial score (nSPS) is 12.5. The number of benzene rings is 2. The average Bonchev–Trinajstić information content (AvgIpc) is 2.59. The number of hydrogen-bond acceptors (Lipinski definition) is 4. The minimum absolute atomic E-state index is 0.134. The Morgan fingerprint density at radius 3 is 1.73 bits per heavy atom. The van der Waals surface area contributed by atoms with Crippen LogP contribution in [0.2, 0.25) is 0 Å². The topological polar surface area (TPSA) is 64.6 Å². The molecule has 166 valence electrons. The molecule has 0 saturated heterocycles. The van der Waals surface area contributed by atoms with E-state index < -0.39 is 47.1 Å². The Kier molecular flexibility index (Phi) is 6.80. The summed E-state index contributed by atoms with van der Waals surface area (Å²) in [6.07, 6.45) is -9.41. The van der Waals surface area contributed by atoms with Gasteiger partial charge in [-0.05, 0) is 37.1 Å². The number of sulfonamides is 1. The number of ether oxygens (including phenoxy) is 2. The summed E-state index contributed by atoms with van der Waals surface area (Å²) in [7, 11) is -4.18. The van der Waals surface area contributed by atoms with Crippen molar-refractivity contribution in [1.82, 2.24) is 0 Å². The van der Waals surface area contributed by atoms with Gasteiger partial charge in [0.05, 0.1) is 10.6 Å². The Bertz CT molecular complexity index is 966. The zero-order valence-corrected chi connectivity index (χ0v) is 16.5. The Labute approximate surface area is 168 Å². The van der Waals surface area contributed by atoms with Crippen LogP contribution in [0.4, 0.5) is 32.0 Å². The number of aryl methyl sites for hydroxylation is 2. The molecule has 0 atom stereocenters. The first kappa shape index (κ1) is 23.6. The van der Waals surface area contributed by atoms with Crippen LogP contribution >= 0.6 is 0 Å². The number of halogens is 6. The minimum atomic E-state index is -4.71. The molecule has 0 heterocycles. The van der Waals surface area contributed by atoms with E-state index in [1.807, 2.05) is 0 Å². The molecule has 0 aliphatic rings. The third-order valence-corrected chi connectivity index (χ3v) is 5.10. The second-order valence-electron chi connectivity index (χ2n) is 6.35. The SMILES string of the molecule is Cc1ccc(S(=O)(=O)Nc2cc(OCC(F)(F)F)cc(OCC(F)(F)F)c2)cc1C. The van der Waals surface area contributed by atoms with Crippen molar-refractivity contribution >= 4 is 15.7 Å². The maximum absolute atomic E-state index is 12.6. The van der Waals surface area contributed by atoms with E-state index in [-0.39, 0.29) is 10.6 Å². The zero-order valence-electron chi connectivity index (χ0n) is 15.7. The number of hydrogen-bond donors (Lipinski definition) is 1. The Hall–Kier alpha value is -2.63. The molecule has 0 amide bonds. The lowest BCUT2D eigenvalue weighted by Crippen LogP contribution is -2.20. The van der Waals surface area contributed by atoms with Gasteiger partial charge in [0.25, 0.3) is 10.0 Å². The standard InChI is InChI=1S/C18H17F6NO4S/c1-11-3-4-16(5-12(11)2)30(26,27)25-13-6-14(28-9-17(19,20)21)8-15(7-13)29-10-18(22,23)24/h3-8,25H,9-10H2,1-2H3. The molecule has 0 unspecified atom stereocenters. The highest BCUT2D eigenvalue weighted by atomic mass is 32.2. The van der Waals surface area contributed by atoms with Gasteiger partial charge in [-0.25, -0.2) is 8.42 Å². The predicted molar refractivity (Wildman–Crippen MR) is 96.3 cm³/mol. The maximum Gasteiger partial charge on any atom is 0.422 e. The van der Waals surface area contributed by atoms with Crippen molar-refractivity contribution in [2.24, 2.45) is 0 Å². The Morgan fingerprint density at radius 1 is 0.800 bits per heavy atom. The molecule has 12 heteroatoms. The second-order valence-corrected chi connectivity index (χ2v) is 8.03. The van der Waals surface area contributed by atoms with Crippen molar-refractivity contribution in [1.29, 1.82) is 0 Å². The Morgan fingerprint density at radius 2 is 1.30 bits per heavy atom. The summed E-state index contributed by atoms with van der Waals surface area (Å²) in [5, 5.41) is 0. The fraction of sp³-hybridized carbons (Fsp3) is 0.333. The van der Waals surface area contributed by atoms with E-state index in [2.05, 4.69) is 14.2 Å². The third kappa shape index (κ3) is 7.32. The molecule has 0 aliphatic carbocycles. The quantitative estimate of drug-likeness (QED) is 0.596. The molecule has 30 heavy (non-hydrogen) atoms. The summed E-state index contributed by atoms with van der Waals surface area (Å²) in [5.74, 6) is -1.05. The molecule has 2 aromatic rings. The molecule has 0 aliphatic heterocycles. The van der Waals surface area contributed by atoms with Crippen LogP contribution in [0.25, 0.3) is 0 Å². The van der Waals surface area contributed by atoms with Gasteiger partial charge in [-0.3, -0.25) is 4.72 Å². The first-order valence-corrected chi connectivity index (χ1v) is 9.77. The molecular weight excluding hydrogens is 440 g/mol. The van der Waals surface area contributed by atoms with E-state index in [1.54, 1.807) is 19.9 Å². The van der Waals surface area contributed by atoms with Crippen LogP contribution in [-0.2, 0) is 10.0 Å². The number of nitrogens with one attached hydrogen (secondary N) is 1. The van der Waals surface area contributed by atoms with Gasteiger partial charge in [0.15, 0.2) is 13.2 Å². The molecule has 0 spiro atoms. The first-order valence-electron chi connectivity index (χ1n) is 8.29. The van der Waals surface area contributed by atoms with Crippen LogP contribution in [0.5, 0.6) is 11.5 Å². The van der Waals surface area contributed by atoms with Gasteiger partial charge >= 0.3 is 12.4 Å². The summed E-state index contributed by atoms with van der Waals surface area (Å²) in [5.41, 5.74) is 1.18. The second kappa shape index (κ2) is 8.62. The van der Waals surface area contributed by atoms with Gasteiger partial charge in [-0.15, -0.1) is 0 Å². The summed E-state index contributed by atoms with van der Waals surface area (Å²) < 4.78 is 111. The molecule has 2 rings (SSSR count). The fourth-order valence-electron chi connectivity index (χ4n) is 2.22. The highest BCUT2D eigenvalue weighted by Crippen LogP contribution is 2.30. The van der Waals surface area contributed by atoms with E-state index in [1.165, 1.54) is 12.1 Å². The lowest BCUT2D eigenvalue weighted by atomic mass is 10.1. The summed E-state index contributed by atoms with van der Waals surface area (Å²) in [6, 6.07) is 6.87. The van der Waals surface area contributed by atoms with E-state index in [9.17, 15) is 34.8 Å². The zero-order chi connectivity index (χ0) is 22.7. The molecule has 0 saturated carbocycles. The van der Waals surface area contributed by atoms with Crippen molar-refractivity contribution in [3.8, 4) is 11.5 Å². The predicted octanol–water partition coefficient (Wildman–Crippen LogP) is 4.99. The molecule has 2 aromatic carbocycles. The van der Waals surface area contributed by atoms with Gasteiger partial charge < -0.3 is 9.47 Å². The Balaban J connectivity index is 2.34. The van der Waals surface area contributed by atoms with Crippen molar-refractivity contribution in [3.63, 3.8) is 0 Å². The van der Waals surface area contributed by atoms with Gasteiger partial charge in [-0.2, -0.15) is 26.3 Å². The van der Waals surface area contributed by atoms with E-state index in [0.717, 1.165) is 23.8 Å². The van der Waals surface area contributed by atoms with E-state index in [0.29, 0.717) is 5.56 Å². The van der Waals surface area contributed by atoms with Crippen molar-refractivity contribution in [2.75, 3.05) is 17.9 Å². The smallest absolute Gasteiger partial charge is 0.422 e. The number of alkyl halides is 6. The fourth-order valence-corrected chi connectivity index (χ4v) is 3.35. The van der Waals surface area contributed by atoms with Crippen LogP contribution in [0.1, 0.15) is 11.1 Å². The van der Waals surface area contributed by atoms with Gasteiger partial charge in [0.2, 0.25) is 0 Å². The monoisotopic (exact) mass is 457 g/mol. The van der Waals surface area contributed by atoms with Crippen molar-refractivity contribution in [3.05, 3.63) is 47.5 Å². The molecule has 0 radical (unpaired) electrons. The summed E-state index contributed by atoms with van der Waals surface area (Å²) in [6.45, 7) is 0.00602. The first-order chi connectivity index (χ1) is 13.6. The van der Waals surface area contributed by atoms with Crippen LogP contribution in [-0.4, -0.2) is 34.0 Å². The van der Waals surface area contributed by atoms with Crippen molar-refractivity contribution < 1.29 is 44.2 Å². The van der Waals surface area contributed by atoms with Gasteiger partial charge in [0, 0.05) is 18.2 Å². The van der Waals surface area contributed by atoms with Crippen LogP contribution in [0.15, 0.2) is 41.3 Å². The van der Waals surface area contributed by atoms with Crippen molar-refractivity contribution in [2.45, 2.75) is 31.1 Å². The molecule has 0 bridgehead atoms. The molecule has 1 N–H and O–H groups in total. The largest absolute Gasteiger partial charge is 0.484 e. The minimum Gasteiger partial charge on any atom is -0.484 e. The highest BCUT2D eigenvalue weighted by molar-refractivity contribution is 7.92. The number of anilines is 1. The van der Waals surface area contributed by atoms with E-state index >= 15 is 0 Å². The van der Waals surface area contributed by atoms with Crippen LogP contribution in [0.3, 0.4) is 0 Å². The lowest BCUT2D eigenvalue weighted by Gasteiger charge is -2.15. The van der Waals surface area contributed by atoms with Crippen LogP contribution in [0, 0.1) is 13.8 Å². The summed E-state index contributed by atoms with van der Waals surface area (Å²) in [4.78, 5) is -0.134. The molecule has 0 fully saturated rings. The van der Waals surface area contributed by atoms with Gasteiger partial charge in [0.1, 0.15) is 11.5 Å². The van der Waals surface area contributed by atoms with Crippen LogP contribution < -0.4 is 14.2 Å².